The maximum absolute atomic E-state index is 6.06. The predicted molar refractivity (Wildman–Crippen MR) is 259 cm³/mol. The van der Waals surface area contributed by atoms with Crippen molar-refractivity contribution < 1.29 is 4.42 Å². The molecule has 0 fully saturated rings. The molecule has 0 bridgehead atoms. The summed E-state index contributed by atoms with van der Waals surface area (Å²) in [5.41, 5.74) is 17.7. The van der Waals surface area contributed by atoms with Gasteiger partial charge in [-0.3, -0.25) is 0 Å². The van der Waals surface area contributed by atoms with Crippen LogP contribution in [-0.2, 0) is 0 Å². The Hall–Kier alpha value is -8.27. The maximum atomic E-state index is 6.06. The van der Waals surface area contributed by atoms with Gasteiger partial charge in [0.1, 0.15) is 5.52 Å². The van der Waals surface area contributed by atoms with E-state index in [0.29, 0.717) is 5.89 Å². The van der Waals surface area contributed by atoms with Gasteiger partial charge in [-0.15, -0.1) is 0 Å². The summed E-state index contributed by atoms with van der Waals surface area (Å²) in [4.78, 5) is 7.03. The van der Waals surface area contributed by atoms with Gasteiger partial charge in [-0.2, -0.15) is 0 Å². The number of oxazole rings is 1. The molecule has 0 saturated carbocycles. The molecular formula is C59H40N2O. The van der Waals surface area contributed by atoms with Gasteiger partial charge in [0.15, 0.2) is 5.58 Å². The van der Waals surface area contributed by atoms with Crippen LogP contribution in [0.4, 0.5) is 17.1 Å². The van der Waals surface area contributed by atoms with Crippen molar-refractivity contribution in [1.29, 1.82) is 0 Å². The molecule has 0 unspecified atom stereocenters. The third-order valence-corrected chi connectivity index (χ3v) is 11.8. The van der Waals surface area contributed by atoms with Crippen LogP contribution in [0.15, 0.2) is 247 Å². The molecular weight excluding hydrogens is 753 g/mol. The summed E-state index contributed by atoms with van der Waals surface area (Å²) < 4.78 is 6.06. The lowest BCUT2D eigenvalue weighted by Gasteiger charge is -2.26. The summed E-state index contributed by atoms with van der Waals surface area (Å²) in [5, 5.41) is 2.51. The fourth-order valence-electron chi connectivity index (χ4n) is 8.57. The van der Waals surface area contributed by atoms with Crippen molar-refractivity contribution in [3.8, 4) is 67.1 Å². The van der Waals surface area contributed by atoms with Crippen molar-refractivity contribution in [2.45, 2.75) is 0 Å². The van der Waals surface area contributed by atoms with Gasteiger partial charge < -0.3 is 9.32 Å². The van der Waals surface area contributed by atoms with Crippen molar-refractivity contribution in [1.82, 2.24) is 4.98 Å². The van der Waals surface area contributed by atoms with Crippen LogP contribution in [0, 0.1) is 0 Å². The van der Waals surface area contributed by atoms with Crippen LogP contribution in [0.1, 0.15) is 0 Å². The average Bonchev–Trinajstić information content (AvgIpc) is 3.80. The molecule has 3 heteroatoms. The Kier molecular flexibility index (Phi) is 9.53. The lowest BCUT2D eigenvalue weighted by molar-refractivity contribution is 0.620. The number of hydrogen-bond acceptors (Lipinski definition) is 3. The van der Waals surface area contributed by atoms with E-state index in [9.17, 15) is 0 Å². The molecule has 10 aromatic carbocycles. The third-order valence-electron chi connectivity index (χ3n) is 11.8. The summed E-state index contributed by atoms with van der Waals surface area (Å²) in [5.74, 6) is 0.627. The van der Waals surface area contributed by atoms with Crippen LogP contribution in [0.2, 0.25) is 0 Å². The summed E-state index contributed by atoms with van der Waals surface area (Å²) in [6.45, 7) is 0. The molecule has 0 atom stereocenters. The van der Waals surface area contributed by atoms with E-state index >= 15 is 0 Å². The van der Waals surface area contributed by atoms with Gasteiger partial charge in [0, 0.05) is 22.6 Å². The van der Waals surface area contributed by atoms with Crippen LogP contribution in [0.5, 0.6) is 0 Å². The molecule has 0 saturated heterocycles. The minimum absolute atomic E-state index is 0.627. The second kappa shape index (κ2) is 16.1. The Morgan fingerprint density at radius 2 is 0.710 bits per heavy atom. The summed E-state index contributed by atoms with van der Waals surface area (Å²) >= 11 is 0. The van der Waals surface area contributed by atoms with Crippen molar-refractivity contribution in [2.75, 3.05) is 4.90 Å². The first-order valence-electron chi connectivity index (χ1n) is 21.0. The zero-order chi connectivity index (χ0) is 41.2. The van der Waals surface area contributed by atoms with Crippen LogP contribution >= 0.6 is 0 Å². The number of rotatable bonds is 9. The highest BCUT2D eigenvalue weighted by Gasteiger charge is 2.16. The molecule has 0 aliphatic carbocycles. The van der Waals surface area contributed by atoms with Crippen molar-refractivity contribution in [3.63, 3.8) is 0 Å². The summed E-state index contributed by atoms with van der Waals surface area (Å²) in [6, 6.07) is 86.3. The van der Waals surface area contributed by atoms with E-state index in [-0.39, 0.29) is 0 Å². The average molecular weight is 793 g/mol. The first kappa shape index (κ1) is 36.8. The Labute approximate surface area is 361 Å². The minimum atomic E-state index is 0.627. The van der Waals surface area contributed by atoms with E-state index in [1.54, 1.807) is 0 Å². The van der Waals surface area contributed by atoms with Crippen molar-refractivity contribution in [3.05, 3.63) is 243 Å². The number of hydrogen-bond donors (Lipinski definition) is 0. The molecule has 1 heterocycles. The van der Waals surface area contributed by atoms with Gasteiger partial charge in [-0.25, -0.2) is 4.98 Å². The maximum Gasteiger partial charge on any atom is 0.227 e. The number of fused-ring (bicyclic) bond motifs is 2. The highest BCUT2D eigenvalue weighted by Crippen LogP contribution is 2.41. The molecule has 3 nitrogen and oxygen atoms in total. The Balaban J connectivity index is 0.874. The molecule has 0 amide bonds. The predicted octanol–water partition coefficient (Wildman–Crippen LogP) is 16.5. The Bertz CT molecular complexity index is 3280. The quantitative estimate of drug-likeness (QED) is 0.146. The standard InChI is InChI=1S/C59H40N2O/c1-2-14-50(15-3-1)61(51-36-32-43(33-37-51)42-22-24-44(25-23-42)49-31-26-41-12-4-5-13-48(41)40-49)52-38-34-46(35-39-52)54-17-7-9-19-56(54)55-18-8-6-16-53(55)45-27-29-47(30-28-45)59-60-57-20-10-11-21-58(57)62-59/h1-40H. The first-order valence-corrected chi connectivity index (χ1v) is 21.0. The monoisotopic (exact) mass is 792 g/mol. The van der Waals surface area contributed by atoms with E-state index in [1.165, 1.54) is 55.3 Å². The molecule has 0 aliphatic rings. The zero-order valence-electron chi connectivity index (χ0n) is 33.9. The van der Waals surface area contributed by atoms with E-state index in [1.807, 2.05) is 24.3 Å². The number of benzene rings is 10. The third kappa shape index (κ3) is 7.12. The van der Waals surface area contributed by atoms with Gasteiger partial charge in [0.2, 0.25) is 5.89 Å². The molecule has 11 aromatic rings. The number of aromatic nitrogens is 1. The fourth-order valence-corrected chi connectivity index (χ4v) is 8.57. The van der Waals surface area contributed by atoms with E-state index < -0.39 is 0 Å². The molecule has 0 spiro atoms. The molecule has 0 radical (unpaired) electrons. The normalized spacial score (nSPS) is 11.2. The van der Waals surface area contributed by atoms with Crippen LogP contribution in [0.25, 0.3) is 89.0 Å². The highest BCUT2D eigenvalue weighted by molar-refractivity contribution is 5.93. The van der Waals surface area contributed by atoms with Crippen LogP contribution < -0.4 is 4.90 Å². The second-order valence-electron chi connectivity index (χ2n) is 15.6. The number of para-hydroxylation sites is 3. The molecule has 0 N–H and O–H groups in total. The lowest BCUT2D eigenvalue weighted by atomic mass is 9.89. The van der Waals surface area contributed by atoms with Gasteiger partial charge >= 0.3 is 0 Å². The van der Waals surface area contributed by atoms with E-state index in [0.717, 1.165) is 44.9 Å². The molecule has 62 heavy (non-hydrogen) atoms. The zero-order valence-corrected chi connectivity index (χ0v) is 33.9. The topological polar surface area (TPSA) is 29.3 Å². The molecule has 1 aromatic heterocycles. The van der Waals surface area contributed by atoms with Crippen LogP contribution in [0.3, 0.4) is 0 Å². The van der Waals surface area contributed by atoms with Gasteiger partial charge in [0.05, 0.1) is 0 Å². The van der Waals surface area contributed by atoms with Gasteiger partial charge in [-0.05, 0) is 133 Å². The molecule has 11 rings (SSSR count). The Morgan fingerprint density at radius 1 is 0.290 bits per heavy atom. The van der Waals surface area contributed by atoms with Crippen molar-refractivity contribution >= 4 is 38.9 Å². The molecule has 0 aliphatic heterocycles. The minimum Gasteiger partial charge on any atom is -0.436 e. The van der Waals surface area contributed by atoms with Gasteiger partial charge in [0.25, 0.3) is 0 Å². The Morgan fingerprint density at radius 3 is 1.32 bits per heavy atom. The van der Waals surface area contributed by atoms with E-state index in [4.69, 9.17) is 9.40 Å². The largest absolute Gasteiger partial charge is 0.436 e. The van der Waals surface area contributed by atoms with Crippen LogP contribution in [-0.4, -0.2) is 4.98 Å². The summed E-state index contributed by atoms with van der Waals surface area (Å²) in [7, 11) is 0. The highest BCUT2D eigenvalue weighted by atomic mass is 16.3. The number of anilines is 3. The lowest BCUT2D eigenvalue weighted by Crippen LogP contribution is -2.09. The van der Waals surface area contributed by atoms with Crippen molar-refractivity contribution in [2.24, 2.45) is 0 Å². The fraction of sp³-hybridized carbons (Fsp3) is 0. The second-order valence-corrected chi connectivity index (χ2v) is 15.6. The SMILES string of the molecule is c1ccc(N(c2ccc(-c3ccc(-c4ccc5ccccc5c4)cc3)cc2)c2ccc(-c3ccccc3-c3ccccc3-c3ccc(-c4nc5ccccc5o4)cc3)cc2)cc1. The smallest absolute Gasteiger partial charge is 0.227 e. The number of nitrogens with zero attached hydrogens (tertiary/aromatic N) is 2. The van der Waals surface area contributed by atoms with E-state index in [2.05, 4.69) is 223 Å². The summed E-state index contributed by atoms with van der Waals surface area (Å²) in [6.07, 6.45) is 0. The molecule has 292 valence electrons. The first-order chi connectivity index (χ1) is 30.7. The van der Waals surface area contributed by atoms with Gasteiger partial charge in [-0.1, -0.05) is 176 Å².